The molecule has 1 aromatic heterocycles. The minimum atomic E-state index is -0.701. The van der Waals surface area contributed by atoms with Crippen molar-refractivity contribution in [2.75, 3.05) is 12.3 Å². The third kappa shape index (κ3) is 5.05. The number of aromatic nitrogens is 1. The molecule has 1 aromatic rings. The number of nitrogens with zero attached hydrogens (tertiary/aromatic N) is 2. The third-order valence-corrected chi connectivity index (χ3v) is 2.28. The maximum atomic E-state index is 11.9. The molecule has 1 heterocycles. The third-order valence-electron chi connectivity index (χ3n) is 2.28. The summed E-state index contributed by atoms with van der Waals surface area (Å²) in [5.74, 6) is -1.23. The van der Waals surface area contributed by atoms with Gasteiger partial charge in [0.1, 0.15) is 12.0 Å². The Hall–Kier alpha value is -2.71. The quantitative estimate of drug-likeness (QED) is 0.536. The molecule has 2 amide bonds. The lowest BCUT2D eigenvalue weighted by Gasteiger charge is -2.20. The van der Waals surface area contributed by atoms with E-state index in [-0.39, 0.29) is 29.5 Å². The fourth-order valence-electron chi connectivity index (χ4n) is 1.46. The van der Waals surface area contributed by atoms with Crippen LogP contribution in [-0.2, 0) is 4.79 Å². The van der Waals surface area contributed by atoms with E-state index in [1.54, 1.807) is 20.8 Å². The summed E-state index contributed by atoms with van der Waals surface area (Å²) in [5.41, 5.74) is 4.58. The molecule has 0 aliphatic heterocycles. The lowest BCUT2D eigenvalue weighted by Crippen LogP contribution is -2.45. The topological polar surface area (TPSA) is 140 Å². The summed E-state index contributed by atoms with van der Waals surface area (Å²) < 4.78 is 0. The summed E-state index contributed by atoms with van der Waals surface area (Å²) in [5, 5.41) is 15.6. The average molecular weight is 295 g/mol. The Morgan fingerprint density at radius 3 is 2.57 bits per heavy atom. The summed E-state index contributed by atoms with van der Waals surface area (Å²) in [6, 6.07) is 1.01. The summed E-state index contributed by atoms with van der Waals surface area (Å²) in [7, 11) is 0. The molecule has 0 atom stereocenters. The van der Waals surface area contributed by atoms with Gasteiger partial charge in [0.2, 0.25) is 5.91 Å². The minimum Gasteiger partial charge on any atom is -0.383 e. The molecule has 114 valence electrons. The van der Waals surface area contributed by atoms with E-state index in [4.69, 9.17) is 5.73 Å². The van der Waals surface area contributed by atoms with Crippen molar-refractivity contribution in [1.29, 1.82) is 0 Å². The first-order valence-electron chi connectivity index (χ1n) is 6.09. The van der Waals surface area contributed by atoms with E-state index in [1.165, 1.54) is 0 Å². The van der Waals surface area contributed by atoms with Gasteiger partial charge in [-0.05, 0) is 20.8 Å². The number of nitrogen functional groups attached to an aromatic ring is 1. The van der Waals surface area contributed by atoms with Crippen molar-refractivity contribution >= 4 is 23.3 Å². The zero-order valence-corrected chi connectivity index (χ0v) is 12.0. The number of carbonyl (C=O) groups excluding carboxylic acids is 2. The number of amides is 2. The molecule has 0 fully saturated rings. The predicted octanol–water partition coefficient (Wildman–Crippen LogP) is 0.216. The van der Waals surface area contributed by atoms with Gasteiger partial charge in [0, 0.05) is 11.6 Å². The van der Waals surface area contributed by atoms with Crippen LogP contribution < -0.4 is 16.4 Å². The fraction of sp³-hybridized carbons (Fsp3) is 0.417. The second kappa shape index (κ2) is 6.16. The smallest absolute Gasteiger partial charge is 0.288 e. The molecule has 0 spiro atoms. The van der Waals surface area contributed by atoms with Gasteiger partial charge in [0.05, 0.1) is 17.0 Å². The zero-order valence-electron chi connectivity index (χ0n) is 12.0. The van der Waals surface area contributed by atoms with Crippen molar-refractivity contribution in [2.45, 2.75) is 26.3 Å². The van der Waals surface area contributed by atoms with Crippen LogP contribution in [0.25, 0.3) is 0 Å². The average Bonchev–Trinajstić information content (AvgIpc) is 2.34. The first-order valence-corrected chi connectivity index (χ1v) is 6.09. The minimum absolute atomic E-state index is 0.144. The van der Waals surface area contributed by atoms with E-state index >= 15 is 0 Å². The Bertz CT molecular complexity index is 580. The van der Waals surface area contributed by atoms with Crippen LogP contribution in [0.15, 0.2) is 12.3 Å². The lowest BCUT2D eigenvalue weighted by atomic mass is 10.1. The van der Waals surface area contributed by atoms with Crippen LogP contribution in [0.2, 0.25) is 0 Å². The highest BCUT2D eigenvalue weighted by Crippen LogP contribution is 2.16. The van der Waals surface area contributed by atoms with E-state index in [0.717, 1.165) is 12.3 Å². The lowest BCUT2D eigenvalue weighted by molar-refractivity contribution is -0.385. The van der Waals surface area contributed by atoms with E-state index in [1.807, 2.05) is 0 Å². The highest BCUT2D eigenvalue weighted by molar-refractivity contribution is 6.00. The molecule has 9 heteroatoms. The van der Waals surface area contributed by atoms with Crippen molar-refractivity contribution in [1.82, 2.24) is 15.6 Å². The second-order valence-electron chi connectivity index (χ2n) is 5.36. The van der Waals surface area contributed by atoms with Gasteiger partial charge < -0.3 is 16.4 Å². The molecule has 0 bridgehead atoms. The highest BCUT2D eigenvalue weighted by Gasteiger charge is 2.18. The van der Waals surface area contributed by atoms with Gasteiger partial charge in [-0.1, -0.05) is 0 Å². The number of hydrogen-bond acceptors (Lipinski definition) is 6. The van der Waals surface area contributed by atoms with Gasteiger partial charge >= 0.3 is 0 Å². The van der Waals surface area contributed by atoms with Crippen LogP contribution in [0.1, 0.15) is 31.1 Å². The van der Waals surface area contributed by atoms with Crippen LogP contribution in [0.5, 0.6) is 0 Å². The highest BCUT2D eigenvalue weighted by atomic mass is 16.6. The SMILES string of the molecule is CC(C)(C)NC(=O)CNC(=O)c1cc([N+](=O)[O-])cnc1N. The maximum absolute atomic E-state index is 11.9. The van der Waals surface area contributed by atoms with Crippen molar-refractivity contribution in [3.05, 3.63) is 27.9 Å². The monoisotopic (exact) mass is 295 g/mol. The molecule has 21 heavy (non-hydrogen) atoms. The van der Waals surface area contributed by atoms with Gasteiger partial charge in [0.25, 0.3) is 11.6 Å². The predicted molar refractivity (Wildman–Crippen MR) is 75.5 cm³/mol. The Kier molecular flexibility index (Phi) is 4.79. The summed E-state index contributed by atoms with van der Waals surface area (Å²) >= 11 is 0. The molecule has 9 nitrogen and oxygen atoms in total. The molecule has 1 rings (SSSR count). The molecule has 4 N–H and O–H groups in total. The molecular formula is C12H17N5O4. The molecule has 0 aliphatic rings. The Morgan fingerprint density at radius 2 is 2.05 bits per heavy atom. The van der Waals surface area contributed by atoms with Crippen molar-refractivity contribution < 1.29 is 14.5 Å². The number of carbonyl (C=O) groups is 2. The number of nitrogens with one attached hydrogen (secondary N) is 2. The fourth-order valence-corrected chi connectivity index (χ4v) is 1.46. The van der Waals surface area contributed by atoms with Crippen molar-refractivity contribution in [2.24, 2.45) is 0 Å². The molecule has 0 aromatic carbocycles. The molecule has 0 radical (unpaired) electrons. The van der Waals surface area contributed by atoms with Crippen LogP contribution in [0, 0.1) is 10.1 Å². The van der Waals surface area contributed by atoms with Crippen LogP contribution in [0.4, 0.5) is 11.5 Å². The molecule has 0 aliphatic carbocycles. The summed E-state index contributed by atoms with van der Waals surface area (Å²) in [6.07, 6.45) is 0.957. The number of hydrogen-bond donors (Lipinski definition) is 3. The maximum Gasteiger partial charge on any atom is 0.288 e. The number of nitrogens with two attached hydrogens (primary N) is 1. The Labute approximate surface area is 121 Å². The Balaban J connectivity index is 2.74. The normalized spacial score (nSPS) is 10.8. The van der Waals surface area contributed by atoms with Gasteiger partial charge in [-0.25, -0.2) is 4.98 Å². The first-order chi connectivity index (χ1) is 9.60. The van der Waals surface area contributed by atoms with Gasteiger partial charge in [-0.15, -0.1) is 0 Å². The van der Waals surface area contributed by atoms with Crippen LogP contribution in [-0.4, -0.2) is 33.8 Å². The van der Waals surface area contributed by atoms with Crippen LogP contribution >= 0.6 is 0 Å². The van der Waals surface area contributed by atoms with Gasteiger partial charge in [-0.3, -0.25) is 19.7 Å². The molecular weight excluding hydrogens is 278 g/mol. The van der Waals surface area contributed by atoms with E-state index in [9.17, 15) is 19.7 Å². The summed E-state index contributed by atoms with van der Waals surface area (Å²) in [6.45, 7) is 5.14. The molecule has 0 unspecified atom stereocenters. The van der Waals surface area contributed by atoms with Gasteiger partial charge in [0.15, 0.2) is 0 Å². The van der Waals surface area contributed by atoms with Crippen LogP contribution in [0.3, 0.4) is 0 Å². The van der Waals surface area contributed by atoms with Crippen molar-refractivity contribution in [3.63, 3.8) is 0 Å². The standard InChI is InChI=1S/C12H17N5O4/c1-12(2,3)16-9(18)6-15-11(19)8-4-7(17(20)21)5-14-10(8)13/h4-5H,6H2,1-3H3,(H2,13,14)(H,15,19)(H,16,18). The molecule has 0 saturated carbocycles. The summed E-state index contributed by atoms with van der Waals surface area (Å²) in [4.78, 5) is 37.0. The largest absolute Gasteiger partial charge is 0.383 e. The van der Waals surface area contributed by atoms with E-state index in [2.05, 4.69) is 15.6 Å². The second-order valence-corrected chi connectivity index (χ2v) is 5.36. The van der Waals surface area contributed by atoms with E-state index < -0.39 is 16.4 Å². The number of pyridine rings is 1. The number of nitro groups is 1. The molecule has 0 saturated heterocycles. The zero-order chi connectivity index (χ0) is 16.2. The Morgan fingerprint density at radius 1 is 1.43 bits per heavy atom. The number of anilines is 1. The van der Waals surface area contributed by atoms with Crippen molar-refractivity contribution in [3.8, 4) is 0 Å². The number of rotatable bonds is 4. The first kappa shape index (κ1) is 16.3. The van der Waals surface area contributed by atoms with E-state index in [0.29, 0.717) is 0 Å². The van der Waals surface area contributed by atoms with Gasteiger partial charge in [-0.2, -0.15) is 0 Å².